The first-order valence-corrected chi connectivity index (χ1v) is 7.14. The van der Waals surface area contributed by atoms with Crippen LogP contribution in [0.2, 0.25) is 0 Å². The molecule has 0 bridgehead atoms. The molecule has 0 unspecified atom stereocenters. The van der Waals surface area contributed by atoms with Crippen LogP contribution in [0.1, 0.15) is 18.1 Å². The van der Waals surface area contributed by atoms with E-state index in [-0.39, 0.29) is 5.82 Å². The van der Waals surface area contributed by atoms with Crippen molar-refractivity contribution in [1.82, 2.24) is 4.57 Å². The summed E-state index contributed by atoms with van der Waals surface area (Å²) in [6, 6.07) is 12.8. The molecule has 108 valence electrons. The summed E-state index contributed by atoms with van der Waals surface area (Å²) in [6.45, 7) is 5.41. The number of rotatable bonds is 4. The van der Waals surface area contributed by atoms with Crippen molar-refractivity contribution in [3.05, 3.63) is 65.6 Å². The van der Waals surface area contributed by atoms with E-state index in [4.69, 9.17) is 4.74 Å². The van der Waals surface area contributed by atoms with Crippen LogP contribution in [-0.4, -0.2) is 4.57 Å². The van der Waals surface area contributed by atoms with Crippen molar-refractivity contribution >= 4 is 10.9 Å². The number of nitrogens with zero attached hydrogens (tertiary/aromatic N) is 1. The predicted molar refractivity (Wildman–Crippen MR) is 83.1 cm³/mol. The van der Waals surface area contributed by atoms with Crippen LogP contribution in [-0.2, 0) is 13.2 Å². The van der Waals surface area contributed by atoms with Gasteiger partial charge in [-0.2, -0.15) is 0 Å². The summed E-state index contributed by atoms with van der Waals surface area (Å²) in [5.74, 6) is 0.613. The summed E-state index contributed by atoms with van der Waals surface area (Å²) in [4.78, 5) is 0. The number of aryl methyl sites for hydroxylation is 2. The molecule has 1 heterocycles. The van der Waals surface area contributed by atoms with Crippen LogP contribution in [0.3, 0.4) is 0 Å². The van der Waals surface area contributed by atoms with Crippen molar-refractivity contribution in [2.75, 3.05) is 0 Å². The number of ether oxygens (including phenoxy) is 1. The third-order valence-electron chi connectivity index (χ3n) is 3.68. The fourth-order valence-corrected chi connectivity index (χ4v) is 2.52. The number of hydrogen-bond acceptors (Lipinski definition) is 1. The lowest BCUT2D eigenvalue weighted by Gasteiger charge is -2.05. The largest absolute Gasteiger partial charge is 0.489 e. The molecule has 0 saturated heterocycles. The van der Waals surface area contributed by atoms with Gasteiger partial charge in [-0.1, -0.05) is 17.7 Å². The molecule has 0 aliphatic rings. The van der Waals surface area contributed by atoms with E-state index < -0.39 is 0 Å². The Bertz CT molecular complexity index is 759. The van der Waals surface area contributed by atoms with Crippen molar-refractivity contribution in [2.45, 2.75) is 27.0 Å². The van der Waals surface area contributed by atoms with Gasteiger partial charge in [0.1, 0.15) is 18.2 Å². The van der Waals surface area contributed by atoms with Crippen molar-refractivity contribution in [3.8, 4) is 5.75 Å². The molecule has 0 spiro atoms. The molecular weight excluding hydrogens is 265 g/mol. The standard InChI is InChI=1S/C18H18FNO/c1-3-20-11-14(17-10-15(19)6-9-18(17)20)12-21-16-7-4-13(2)5-8-16/h4-11H,3,12H2,1-2H3. The van der Waals surface area contributed by atoms with Crippen LogP contribution in [0.15, 0.2) is 48.7 Å². The van der Waals surface area contributed by atoms with E-state index in [0.29, 0.717) is 6.61 Å². The predicted octanol–water partition coefficient (Wildman–Crippen LogP) is 4.69. The van der Waals surface area contributed by atoms with E-state index in [1.807, 2.05) is 43.5 Å². The van der Waals surface area contributed by atoms with E-state index in [1.54, 1.807) is 6.07 Å². The second-order valence-corrected chi connectivity index (χ2v) is 5.20. The van der Waals surface area contributed by atoms with Gasteiger partial charge in [0.25, 0.3) is 0 Å². The van der Waals surface area contributed by atoms with Crippen molar-refractivity contribution < 1.29 is 9.13 Å². The van der Waals surface area contributed by atoms with Gasteiger partial charge < -0.3 is 9.30 Å². The summed E-state index contributed by atoms with van der Waals surface area (Å²) >= 11 is 0. The summed E-state index contributed by atoms with van der Waals surface area (Å²) in [5, 5.41) is 0.920. The molecule has 0 amide bonds. The molecule has 0 atom stereocenters. The second-order valence-electron chi connectivity index (χ2n) is 5.20. The molecule has 2 nitrogen and oxygen atoms in total. The van der Waals surface area contributed by atoms with Crippen molar-refractivity contribution in [1.29, 1.82) is 0 Å². The first-order valence-electron chi connectivity index (χ1n) is 7.14. The van der Waals surface area contributed by atoms with E-state index in [0.717, 1.165) is 28.8 Å². The molecule has 0 aliphatic carbocycles. The Morgan fingerprint density at radius 1 is 1.10 bits per heavy atom. The normalized spacial score (nSPS) is 11.0. The highest BCUT2D eigenvalue weighted by Crippen LogP contribution is 2.24. The zero-order valence-electron chi connectivity index (χ0n) is 12.3. The highest BCUT2D eigenvalue weighted by atomic mass is 19.1. The highest BCUT2D eigenvalue weighted by Gasteiger charge is 2.09. The van der Waals surface area contributed by atoms with Crippen LogP contribution in [0, 0.1) is 12.7 Å². The summed E-state index contributed by atoms with van der Waals surface area (Å²) in [5.41, 5.74) is 3.25. The fraction of sp³-hybridized carbons (Fsp3) is 0.222. The topological polar surface area (TPSA) is 14.2 Å². The number of fused-ring (bicyclic) bond motifs is 1. The highest BCUT2D eigenvalue weighted by molar-refractivity contribution is 5.84. The minimum absolute atomic E-state index is 0.215. The molecule has 3 rings (SSSR count). The Morgan fingerprint density at radius 3 is 2.57 bits per heavy atom. The lowest BCUT2D eigenvalue weighted by Crippen LogP contribution is -1.95. The SMILES string of the molecule is CCn1cc(COc2ccc(C)cc2)c2cc(F)ccc21. The first kappa shape index (κ1) is 13.7. The molecule has 0 N–H and O–H groups in total. The van der Waals surface area contributed by atoms with Gasteiger partial charge in [0.15, 0.2) is 0 Å². The van der Waals surface area contributed by atoms with Crippen LogP contribution in [0.4, 0.5) is 4.39 Å². The average Bonchev–Trinajstić information content (AvgIpc) is 2.84. The molecule has 1 aromatic heterocycles. The minimum Gasteiger partial charge on any atom is -0.489 e. The smallest absolute Gasteiger partial charge is 0.123 e. The van der Waals surface area contributed by atoms with Crippen LogP contribution < -0.4 is 4.74 Å². The second kappa shape index (κ2) is 5.60. The molecule has 21 heavy (non-hydrogen) atoms. The number of halogens is 1. The Balaban J connectivity index is 1.89. The van der Waals surface area contributed by atoms with Gasteiger partial charge in [0.05, 0.1) is 0 Å². The number of benzene rings is 2. The summed E-state index contributed by atoms with van der Waals surface area (Å²) < 4.78 is 21.4. The Hall–Kier alpha value is -2.29. The van der Waals surface area contributed by atoms with Crippen molar-refractivity contribution in [3.63, 3.8) is 0 Å². The summed E-state index contributed by atoms with van der Waals surface area (Å²) in [7, 11) is 0. The molecule has 0 saturated carbocycles. The molecule has 3 aromatic rings. The van der Waals surface area contributed by atoms with Gasteiger partial charge in [-0.25, -0.2) is 4.39 Å². The molecule has 0 fully saturated rings. The maximum absolute atomic E-state index is 13.5. The Labute approximate surface area is 123 Å². The first-order chi connectivity index (χ1) is 10.2. The number of aromatic nitrogens is 1. The maximum Gasteiger partial charge on any atom is 0.123 e. The lowest BCUT2D eigenvalue weighted by molar-refractivity contribution is 0.307. The van der Waals surface area contributed by atoms with Gasteiger partial charge in [-0.3, -0.25) is 0 Å². The van der Waals surface area contributed by atoms with Gasteiger partial charge in [-0.05, 0) is 44.2 Å². The zero-order chi connectivity index (χ0) is 14.8. The molecule has 0 aliphatic heterocycles. The lowest BCUT2D eigenvalue weighted by atomic mass is 10.2. The number of hydrogen-bond donors (Lipinski definition) is 0. The van der Waals surface area contributed by atoms with Crippen LogP contribution in [0.5, 0.6) is 5.75 Å². The fourth-order valence-electron chi connectivity index (χ4n) is 2.52. The van der Waals surface area contributed by atoms with E-state index >= 15 is 0 Å². The Kier molecular flexibility index (Phi) is 3.65. The minimum atomic E-state index is -0.215. The molecular formula is C18H18FNO. The van der Waals surface area contributed by atoms with Gasteiger partial charge in [0.2, 0.25) is 0 Å². The van der Waals surface area contributed by atoms with Gasteiger partial charge in [0, 0.05) is 29.2 Å². The quantitative estimate of drug-likeness (QED) is 0.677. The zero-order valence-corrected chi connectivity index (χ0v) is 12.3. The van der Waals surface area contributed by atoms with E-state index in [9.17, 15) is 4.39 Å². The van der Waals surface area contributed by atoms with Crippen molar-refractivity contribution in [2.24, 2.45) is 0 Å². The molecule has 0 radical (unpaired) electrons. The van der Waals surface area contributed by atoms with Crippen LogP contribution >= 0.6 is 0 Å². The Morgan fingerprint density at radius 2 is 1.86 bits per heavy atom. The van der Waals surface area contributed by atoms with Crippen LogP contribution in [0.25, 0.3) is 10.9 Å². The van der Waals surface area contributed by atoms with Gasteiger partial charge >= 0.3 is 0 Å². The molecule has 3 heteroatoms. The summed E-state index contributed by atoms with van der Waals surface area (Å²) in [6.07, 6.45) is 2.04. The third-order valence-corrected chi connectivity index (χ3v) is 3.68. The molecule has 2 aromatic carbocycles. The third kappa shape index (κ3) is 2.77. The average molecular weight is 283 g/mol. The van der Waals surface area contributed by atoms with E-state index in [2.05, 4.69) is 11.5 Å². The monoisotopic (exact) mass is 283 g/mol. The maximum atomic E-state index is 13.5. The van der Waals surface area contributed by atoms with Gasteiger partial charge in [-0.15, -0.1) is 0 Å². The van der Waals surface area contributed by atoms with E-state index in [1.165, 1.54) is 11.6 Å².